The number of nitrogens with zero attached hydrogens (tertiary/aromatic N) is 2. The average molecular weight is 529 g/mol. The molecule has 0 unspecified atom stereocenters. The minimum absolute atomic E-state index is 0.0205. The average Bonchev–Trinajstić information content (AvgIpc) is 3.29. The van der Waals surface area contributed by atoms with E-state index in [0.29, 0.717) is 50.2 Å². The number of carbonyl (C=O) groups is 2. The van der Waals surface area contributed by atoms with Crippen LogP contribution >= 0.6 is 0 Å². The zero-order valence-electron chi connectivity index (χ0n) is 21.3. The SMILES string of the molecule is CC[C@@]1(O)C(=O)OCc2c1cc1n(c2=O)Cc2c-1nc1cc(F)c(C)cc1c2CNC(=O)c1ccc(N)cc1. The number of aryl methyl sites for hydroxylation is 1. The van der Waals surface area contributed by atoms with Crippen LogP contribution in [0.2, 0.25) is 0 Å². The number of anilines is 1. The number of aromatic nitrogens is 2. The molecule has 39 heavy (non-hydrogen) atoms. The van der Waals surface area contributed by atoms with Crippen molar-refractivity contribution in [2.75, 3.05) is 5.73 Å². The normalized spacial score (nSPS) is 17.4. The third-order valence-corrected chi connectivity index (χ3v) is 7.68. The van der Waals surface area contributed by atoms with Gasteiger partial charge in [0.1, 0.15) is 12.4 Å². The first-order valence-corrected chi connectivity index (χ1v) is 12.5. The first-order chi connectivity index (χ1) is 18.6. The number of benzene rings is 2. The number of nitrogen functional groups attached to an aromatic ring is 1. The van der Waals surface area contributed by atoms with Crippen LogP contribution in [0.1, 0.15) is 51.5 Å². The van der Waals surface area contributed by atoms with Crippen LogP contribution in [0, 0.1) is 12.7 Å². The van der Waals surface area contributed by atoms with E-state index in [1.54, 1.807) is 50.2 Å². The van der Waals surface area contributed by atoms with Gasteiger partial charge in [0, 0.05) is 40.4 Å². The number of pyridine rings is 2. The Kier molecular flexibility index (Phi) is 5.55. The Bertz CT molecular complexity index is 1780. The molecule has 4 N–H and O–H groups in total. The van der Waals surface area contributed by atoms with Crippen molar-refractivity contribution in [3.63, 3.8) is 0 Å². The minimum Gasteiger partial charge on any atom is -0.458 e. The number of fused-ring (bicyclic) bond motifs is 5. The van der Waals surface area contributed by atoms with E-state index in [1.807, 2.05) is 0 Å². The van der Waals surface area contributed by atoms with Crippen LogP contribution in [0.15, 0.2) is 47.3 Å². The van der Waals surface area contributed by atoms with Gasteiger partial charge in [0.2, 0.25) is 0 Å². The van der Waals surface area contributed by atoms with Crippen LogP contribution in [0.5, 0.6) is 0 Å². The summed E-state index contributed by atoms with van der Waals surface area (Å²) in [6.45, 7) is 3.29. The Morgan fingerprint density at radius 1 is 1.21 bits per heavy atom. The number of halogens is 1. The van der Waals surface area contributed by atoms with E-state index in [0.717, 1.165) is 0 Å². The lowest BCUT2D eigenvalue weighted by Crippen LogP contribution is -2.44. The molecule has 9 nitrogen and oxygen atoms in total. The third-order valence-electron chi connectivity index (χ3n) is 7.68. The number of cyclic esters (lactones) is 1. The summed E-state index contributed by atoms with van der Waals surface area (Å²) in [5.74, 6) is -1.56. The Balaban J connectivity index is 1.52. The molecule has 198 valence electrons. The van der Waals surface area contributed by atoms with E-state index in [9.17, 15) is 23.9 Å². The summed E-state index contributed by atoms with van der Waals surface area (Å²) in [6.07, 6.45) is 0.0205. The standard InChI is InChI=1S/C29H25FN4O5/c1-3-29(38)21-9-24-25-19(12-34(24)27(36)20(21)13-39-28(29)37)18(17-8-14(2)22(30)10-23(17)33-25)11-32-26(35)15-4-6-16(31)7-5-15/h4-10,38H,3,11-13,31H2,1-2H3,(H,32,35)/t29-/m0/s1. The molecule has 0 spiro atoms. The predicted octanol–water partition coefficient (Wildman–Crippen LogP) is 3.04. The number of hydrogen-bond acceptors (Lipinski definition) is 7. The second-order valence-electron chi connectivity index (χ2n) is 9.94. The van der Waals surface area contributed by atoms with Crippen LogP contribution in [0.25, 0.3) is 22.3 Å². The van der Waals surface area contributed by atoms with Gasteiger partial charge in [0.15, 0.2) is 5.60 Å². The monoisotopic (exact) mass is 528 g/mol. The van der Waals surface area contributed by atoms with Crippen LogP contribution in [0.4, 0.5) is 10.1 Å². The van der Waals surface area contributed by atoms with Crippen LogP contribution < -0.4 is 16.6 Å². The number of nitrogens with one attached hydrogen (secondary N) is 1. The lowest BCUT2D eigenvalue weighted by Gasteiger charge is -2.31. The smallest absolute Gasteiger partial charge is 0.343 e. The largest absolute Gasteiger partial charge is 0.458 e. The molecule has 0 saturated carbocycles. The second-order valence-corrected chi connectivity index (χ2v) is 9.94. The van der Waals surface area contributed by atoms with Crippen molar-refractivity contribution in [3.05, 3.63) is 92.0 Å². The molecule has 0 aliphatic carbocycles. The molecule has 0 radical (unpaired) electrons. The number of rotatable bonds is 4. The maximum absolute atomic E-state index is 14.6. The van der Waals surface area contributed by atoms with Crippen LogP contribution in [-0.4, -0.2) is 26.5 Å². The van der Waals surface area contributed by atoms with E-state index in [4.69, 9.17) is 15.5 Å². The minimum atomic E-state index is -1.96. The quantitative estimate of drug-likeness (QED) is 0.241. The maximum atomic E-state index is 14.6. The van der Waals surface area contributed by atoms with E-state index >= 15 is 0 Å². The zero-order chi connectivity index (χ0) is 27.6. The highest BCUT2D eigenvalue weighted by molar-refractivity contribution is 5.95. The highest BCUT2D eigenvalue weighted by Gasteiger charge is 2.45. The number of aliphatic hydroxyl groups is 1. The molecule has 1 amide bonds. The van der Waals surface area contributed by atoms with Crippen molar-refractivity contribution in [3.8, 4) is 11.4 Å². The summed E-state index contributed by atoms with van der Waals surface area (Å²) in [5.41, 5.74) is 7.75. The summed E-state index contributed by atoms with van der Waals surface area (Å²) in [5, 5.41) is 14.7. The van der Waals surface area contributed by atoms with E-state index in [1.165, 1.54) is 10.6 Å². The summed E-state index contributed by atoms with van der Waals surface area (Å²) in [6, 6.07) is 11.1. The number of amides is 1. The number of ether oxygens (including phenoxy) is 1. The number of nitrogens with two attached hydrogens (primary N) is 1. The first kappa shape index (κ1) is 24.7. The molecule has 2 aromatic heterocycles. The molecule has 0 saturated heterocycles. The van der Waals surface area contributed by atoms with Gasteiger partial charge in [-0.2, -0.15) is 0 Å². The Morgan fingerprint density at radius 3 is 2.67 bits per heavy atom. The number of carbonyl (C=O) groups excluding carboxylic acids is 2. The van der Waals surface area contributed by atoms with Crippen LogP contribution in [-0.2, 0) is 34.8 Å². The van der Waals surface area contributed by atoms with Crippen molar-refractivity contribution in [1.82, 2.24) is 14.9 Å². The molecule has 10 heteroatoms. The number of hydrogen-bond donors (Lipinski definition) is 3. The van der Waals surface area contributed by atoms with Crippen molar-refractivity contribution in [2.24, 2.45) is 0 Å². The highest BCUT2D eigenvalue weighted by Crippen LogP contribution is 2.40. The molecule has 1 atom stereocenters. The molecule has 6 rings (SSSR count). The van der Waals surface area contributed by atoms with Gasteiger partial charge < -0.3 is 25.5 Å². The summed E-state index contributed by atoms with van der Waals surface area (Å²) in [4.78, 5) is 43.7. The second kappa shape index (κ2) is 8.74. The summed E-state index contributed by atoms with van der Waals surface area (Å²) in [7, 11) is 0. The molecular formula is C29H25FN4O5. The third kappa shape index (κ3) is 3.70. The van der Waals surface area contributed by atoms with E-state index in [-0.39, 0.29) is 43.2 Å². The topological polar surface area (TPSA) is 137 Å². The fourth-order valence-electron chi connectivity index (χ4n) is 5.40. The van der Waals surface area contributed by atoms with Gasteiger partial charge in [0.05, 0.1) is 29.0 Å². The molecule has 0 bridgehead atoms. The lowest BCUT2D eigenvalue weighted by atomic mass is 9.86. The fourth-order valence-corrected chi connectivity index (χ4v) is 5.40. The van der Waals surface area contributed by atoms with Gasteiger partial charge in [-0.3, -0.25) is 9.59 Å². The van der Waals surface area contributed by atoms with E-state index in [2.05, 4.69) is 5.32 Å². The van der Waals surface area contributed by atoms with Crippen molar-refractivity contribution >= 4 is 28.5 Å². The van der Waals surface area contributed by atoms with Crippen molar-refractivity contribution in [2.45, 2.75) is 45.6 Å². The first-order valence-electron chi connectivity index (χ1n) is 12.5. The highest BCUT2D eigenvalue weighted by atomic mass is 19.1. The molecule has 4 aromatic rings. The lowest BCUT2D eigenvalue weighted by molar-refractivity contribution is -0.172. The van der Waals surface area contributed by atoms with Gasteiger partial charge in [0.25, 0.3) is 11.5 Å². The summed E-state index contributed by atoms with van der Waals surface area (Å²) < 4.78 is 21.3. The van der Waals surface area contributed by atoms with Gasteiger partial charge >= 0.3 is 5.97 Å². The van der Waals surface area contributed by atoms with Crippen molar-refractivity contribution < 1.29 is 23.8 Å². The predicted molar refractivity (Wildman–Crippen MR) is 141 cm³/mol. The van der Waals surface area contributed by atoms with Gasteiger partial charge in [-0.15, -0.1) is 0 Å². The molecule has 0 fully saturated rings. The molecule has 2 aromatic carbocycles. The van der Waals surface area contributed by atoms with Gasteiger partial charge in [-0.25, -0.2) is 14.2 Å². The Labute approximate surface area is 222 Å². The van der Waals surface area contributed by atoms with E-state index < -0.39 is 22.9 Å². The van der Waals surface area contributed by atoms with Crippen molar-refractivity contribution in [1.29, 1.82) is 0 Å². The molecule has 4 heterocycles. The Morgan fingerprint density at radius 2 is 1.95 bits per heavy atom. The number of esters is 1. The molecule has 2 aliphatic heterocycles. The van der Waals surface area contributed by atoms with Gasteiger partial charge in [-0.1, -0.05) is 6.92 Å². The zero-order valence-corrected chi connectivity index (χ0v) is 21.3. The molecule has 2 aliphatic rings. The Hall–Kier alpha value is -4.57. The maximum Gasteiger partial charge on any atom is 0.343 e. The van der Waals surface area contributed by atoms with Crippen LogP contribution in [0.3, 0.4) is 0 Å². The van der Waals surface area contributed by atoms with Gasteiger partial charge in [-0.05, 0) is 60.9 Å². The summed E-state index contributed by atoms with van der Waals surface area (Å²) >= 11 is 0. The fraction of sp³-hybridized carbons (Fsp3) is 0.241. The molecular weight excluding hydrogens is 503 g/mol.